The number of ether oxygens (including phenoxy) is 3. The maximum Gasteiger partial charge on any atom is 0.323 e. The van der Waals surface area contributed by atoms with E-state index < -0.39 is 41.9 Å². The van der Waals surface area contributed by atoms with Crippen molar-refractivity contribution in [1.29, 1.82) is 5.26 Å². The summed E-state index contributed by atoms with van der Waals surface area (Å²) in [5.74, 6) is -1.37. The third-order valence-electron chi connectivity index (χ3n) is 5.40. The minimum atomic E-state index is -2.00. The fourth-order valence-electron chi connectivity index (χ4n) is 3.44. The lowest BCUT2D eigenvalue weighted by atomic mass is 9.92. The summed E-state index contributed by atoms with van der Waals surface area (Å²) in [5, 5.41) is 25.3. The summed E-state index contributed by atoms with van der Waals surface area (Å²) in [6, 6.07) is 4.09. The van der Waals surface area contributed by atoms with E-state index in [1.165, 1.54) is 16.9 Å². The number of anilines is 1. The van der Waals surface area contributed by atoms with E-state index in [4.69, 9.17) is 25.7 Å². The van der Waals surface area contributed by atoms with Crippen molar-refractivity contribution in [3.05, 3.63) is 24.2 Å². The standard InChI is InChI=1S/C20H26N6O6/c1-4-14(27)30-7-12-16(31-19(29)15(22)10(2)3)17(28)20(8-21,32-12)13-6-5-11-18(23)24-9-25-26(11)13/h5-6,9-10,12,15-17,28H,4,7,22H2,1-3H3,(H2,23,24,25)/t12-,15?,16-,17-,20+/m1/s1. The molecule has 1 saturated heterocycles. The normalized spacial score (nSPS) is 26.1. The number of nitrogens with zero attached hydrogens (tertiary/aromatic N) is 4. The van der Waals surface area contributed by atoms with Crippen LogP contribution in [0.3, 0.4) is 0 Å². The third kappa shape index (κ3) is 3.97. The molecule has 2 aromatic heterocycles. The van der Waals surface area contributed by atoms with Crippen molar-refractivity contribution in [1.82, 2.24) is 14.6 Å². The molecular formula is C20H26N6O6. The van der Waals surface area contributed by atoms with Gasteiger partial charge in [-0.3, -0.25) is 9.59 Å². The van der Waals surface area contributed by atoms with Gasteiger partial charge in [-0.05, 0) is 18.1 Å². The molecule has 5 N–H and O–H groups in total. The van der Waals surface area contributed by atoms with Crippen molar-refractivity contribution in [2.24, 2.45) is 11.7 Å². The van der Waals surface area contributed by atoms with Gasteiger partial charge in [-0.25, -0.2) is 9.50 Å². The predicted octanol–water partition coefficient (Wildman–Crippen LogP) is -0.362. The van der Waals surface area contributed by atoms with Gasteiger partial charge in [-0.2, -0.15) is 10.4 Å². The van der Waals surface area contributed by atoms with Gasteiger partial charge in [0.05, 0.1) is 5.69 Å². The molecule has 0 aromatic carbocycles. The molecule has 1 unspecified atom stereocenters. The van der Waals surface area contributed by atoms with Gasteiger partial charge in [0.15, 0.2) is 11.9 Å². The van der Waals surface area contributed by atoms with Gasteiger partial charge in [0.1, 0.15) is 42.8 Å². The van der Waals surface area contributed by atoms with E-state index in [0.717, 1.165) is 0 Å². The zero-order chi connectivity index (χ0) is 23.6. The second-order valence-electron chi connectivity index (χ2n) is 7.82. The minimum absolute atomic E-state index is 0.112. The second kappa shape index (κ2) is 9.07. The van der Waals surface area contributed by atoms with Crippen LogP contribution in [0, 0.1) is 17.2 Å². The third-order valence-corrected chi connectivity index (χ3v) is 5.40. The Bertz CT molecular complexity index is 1050. The average molecular weight is 446 g/mol. The number of hydrogen-bond donors (Lipinski definition) is 3. The van der Waals surface area contributed by atoms with Crippen LogP contribution in [0.1, 0.15) is 32.9 Å². The molecule has 5 atom stereocenters. The molecule has 172 valence electrons. The van der Waals surface area contributed by atoms with E-state index in [9.17, 15) is 20.0 Å². The molecule has 0 bridgehead atoms. The highest BCUT2D eigenvalue weighted by Crippen LogP contribution is 2.42. The number of aliphatic hydroxyl groups excluding tert-OH is 1. The largest absolute Gasteiger partial charge is 0.463 e. The molecule has 32 heavy (non-hydrogen) atoms. The lowest BCUT2D eigenvalue weighted by Crippen LogP contribution is -2.46. The first-order valence-corrected chi connectivity index (χ1v) is 10.1. The van der Waals surface area contributed by atoms with Gasteiger partial charge in [-0.1, -0.05) is 20.8 Å². The van der Waals surface area contributed by atoms with E-state index in [1.807, 2.05) is 6.07 Å². The molecule has 0 aliphatic carbocycles. The Morgan fingerprint density at radius 3 is 2.78 bits per heavy atom. The highest BCUT2D eigenvalue weighted by atomic mass is 16.6. The lowest BCUT2D eigenvalue weighted by molar-refractivity contribution is -0.162. The number of esters is 2. The zero-order valence-corrected chi connectivity index (χ0v) is 18.0. The fourth-order valence-corrected chi connectivity index (χ4v) is 3.44. The van der Waals surface area contributed by atoms with Crippen molar-refractivity contribution >= 4 is 23.3 Å². The average Bonchev–Trinajstić information content (AvgIpc) is 3.32. The monoisotopic (exact) mass is 446 g/mol. The lowest BCUT2D eigenvalue weighted by Gasteiger charge is -2.25. The van der Waals surface area contributed by atoms with E-state index in [-0.39, 0.29) is 30.5 Å². The first kappa shape index (κ1) is 23.4. The smallest absolute Gasteiger partial charge is 0.323 e. The van der Waals surface area contributed by atoms with Crippen LogP contribution in [0.4, 0.5) is 5.82 Å². The van der Waals surface area contributed by atoms with E-state index in [1.54, 1.807) is 26.8 Å². The predicted molar refractivity (Wildman–Crippen MR) is 110 cm³/mol. The maximum absolute atomic E-state index is 12.5. The topological polar surface area (TPSA) is 188 Å². The van der Waals surface area contributed by atoms with Gasteiger partial charge >= 0.3 is 11.9 Å². The van der Waals surface area contributed by atoms with Crippen LogP contribution in [0.2, 0.25) is 0 Å². The Labute approximate surface area is 184 Å². The van der Waals surface area contributed by atoms with Crippen LogP contribution in [-0.2, 0) is 29.4 Å². The first-order valence-electron chi connectivity index (χ1n) is 10.1. The highest BCUT2D eigenvalue weighted by molar-refractivity contribution is 5.76. The number of rotatable bonds is 7. The van der Waals surface area contributed by atoms with Gasteiger partial charge in [0.25, 0.3) is 0 Å². The molecule has 3 rings (SSSR count). The molecule has 0 spiro atoms. The summed E-state index contributed by atoms with van der Waals surface area (Å²) in [5.41, 5.74) is 10.3. The summed E-state index contributed by atoms with van der Waals surface area (Å²) in [6.45, 7) is 4.75. The van der Waals surface area contributed by atoms with Crippen LogP contribution in [0.25, 0.3) is 5.52 Å². The van der Waals surface area contributed by atoms with Crippen LogP contribution in [-0.4, -0.2) is 62.6 Å². The van der Waals surface area contributed by atoms with Gasteiger partial charge in [0, 0.05) is 6.42 Å². The number of hydrogen-bond acceptors (Lipinski definition) is 11. The Hall–Kier alpha value is -3.27. The number of nitrogens with two attached hydrogens (primary N) is 2. The van der Waals surface area contributed by atoms with Crippen LogP contribution >= 0.6 is 0 Å². The molecule has 3 heterocycles. The number of aromatic nitrogens is 3. The van der Waals surface area contributed by atoms with Crippen LogP contribution in [0.15, 0.2) is 18.5 Å². The van der Waals surface area contributed by atoms with Crippen molar-refractivity contribution < 1.29 is 28.9 Å². The van der Waals surface area contributed by atoms with E-state index >= 15 is 0 Å². The van der Waals surface area contributed by atoms with Gasteiger partial charge in [0.2, 0.25) is 5.60 Å². The first-order chi connectivity index (χ1) is 15.2. The molecular weight excluding hydrogens is 420 g/mol. The molecule has 1 aliphatic rings. The molecule has 2 aromatic rings. The number of carbonyl (C=O) groups excluding carboxylic acids is 2. The summed E-state index contributed by atoms with van der Waals surface area (Å²) in [4.78, 5) is 28.1. The molecule has 0 saturated carbocycles. The minimum Gasteiger partial charge on any atom is -0.463 e. The van der Waals surface area contributed by atoms with Crippen molar-refractivity contribution in [2.75, 3.05) is 12.3 Å². The van der Waals surface area contributed by atoms with E-state index in [0.29, 0.717) is 5.52 Å². The summed E-state index contributed by atoms with van der Waals surface area (Å²) < 4.78 is 17.9. The van der Waals surface area contributed by atoms with Crippen LogP contribution < -0.4 is 11.5 Å². The quantitative estimate of drug-likeness (QED) is 0.471. The number of nitrogen functional groups attached to an aromatic ring is 1. The Balaban J connectivity index is 2.01. The fraction of sp³-hybridized carbons (Fsp3) is 0.550. The SMILES string of the molecule is CCC(=O)OC[C@H]1O[C@@](C#N)(c2ccc3c(N)ncnn23)[C@H](O)[C@@H]1OC(=O)C(N)C(C)C. The number of fused-ring (bicyclic) bond motifs is 1. The summed E-state index contributed by atoms with van der Waals surface area (Å²) >= 11 is 0. The van der Waals surface area contributed by atoms with Crippen molar-refractivity contribution in [3.8, 4) is 6.07 Å². The highest BCUT2D eigenvalue weighted by Gasteiger charge is 2.60. The molecule has 12 nitrogen and oxygen atoms in total. The second-order valence-corrected chi connectivity index (χ2v) is 7.82. The maximum atomic E-state index is 12.5. The van der Waals surface area contributed by atoms with Crippen molar-refractivity contribution in [2.45, 2.75) is 57.1 Å². The van der Waals surface area contributed by atoms with Crippen molar-refractivity contribution in [3.63, 3.8) is 0 Å². The number of aliphatic hydroxyl groups is 1. The molecule has 1 fully saturated rings. The molecule has 0 amide bonds. The summed E-state index contributed by atoms with van der Waals surface area (Å²) in [7, 11) is 0. The Morgan fingerprint density at radius 1 is 1.44 bits per heavy atom. The van der Waals surface area contributed by atoms with Gasteiger partial charge in [-0.15, -0.1) is 0 Å². The molecule has 12 heteroatoms. The van der Waals surface area contributed by atoms with Crippen LogP contribution in [0.5, 0.6) is 0 Å². The molecule has 0 radical (unpaired) electrons. The molecule has 1 aliphatic heterocycles. The zero-order valence-electron chi connectivity index (χ0n) is 18.0. The van der Waals surface area contributed by atoms with Gasteiger partial charge < -0.3 is 30.8 Å². The number of carbonyl (C=O) groups is 2. The Morgan fingerprint density at radius 2 is 2.16 bits per heavy atom. The Kier molecular flexibility index (Phi) is 6.63. The summed E-state index contributed by atoms with van der Waals surface area (Å²) in [6.07, 6.45) is -2.80. The number of nitriles is 1. The van der Waals surface area contributed by atoms with E-state index in [2.05, 4.69) is 10.1 Å².